The summed E-state index contributed by atoms with van der Waals surface area (Å²) in [4.78, 5) is 15.1. The van der Waals surface area contributed by atoms with Crippen molar-refractivity contribution in [2.24, 2.45) is 0 Å². The van der Waals surface area contributed by atoms with Gasteiger partial charge < -0.3 is 0 Å². The molecule has 0 bridgehead atoms. The molecule has 0 aliphatic heterocycles. The third-order valence-electron chi connectivity index (χ3n) is 1.41. The van der Waals surface area contributed by atoms with Crippen molar-refractivity contribution >= 4 is 22.9 Å². The lowest BCUT2D eigenvalue weighted by atomic mass is 10.5. The van der Waals surface area contributed by atoms with Gasteiger partial charge in [0.25, 0.3) is 0 Å². The molecule has 2 heterocycles. The van der Waals surface area contributed by atoms with Gasteiger partial charge in [0.15, 0.2) is 4.47 Å². The largest absolute Gasteiger partial charge is 0.366 e. The first-order chi connectivity index (χ1) is 6.18. The Labute approximate surface area is 81.2 Å². The fraction of sp³-hybridized carbons (Fsp3) is 0.200. The SMILES string of the molecule is Cc1nc(Cl)sc1-n1nn[nH]c1=O. The number of aromatic amines is 1. The van der Waals surface area contributed by atoms with Gasteiger partial charge in [-0.15, -0.1) is 4.68 Å². The van der Waals surface area contributed by atoms with Crippen molar-refractivity contribution in [1.29, 1.82) is 0 Å². The Morgan fingerprint density at radius 1 is 1.62 bits per heavy atom. The molecule has 0 saturated heterocycles. The highest BCUT2D eigenvalue weighted by Crippen LogP contribution is 2.23. The number of thiazole rings is 1. The summed E-state index contributed by atoms with van der Waals surface area (Å²) in [6, 6.07) is 0. The van der Waals surface area contributed by atoms with E-state index in [1.165, 1.54) is 11.3 Å². The zero-order valence-corrected chi connectivity index (χ0v) is 8.06. The van der Waals surface area contributed by atoms with Crippen LogP contribution >= 0.6 is 22.9 Å². The lowest BCUT2D eigenvalue weighted by molar-refractivity contribution is 0.784. The van der Waals surface area contributed by atoms with Crippen molar-refractivity contribution in [3.63, 3.8) is 0 Å². The van der Waals surface area contributed by atoms with Crippen LogP contribution < -0.4 is 5.69 Å². The number of aromatic nitrogens is 5. The van der Waals surface area contributed by atoms with E-state index in [1.807, 2.05) is 0 Å². The van der Waals surface area contributed by atoms with Gasteiger partial charge in [-0.3, -0.25) is 0 Å². The molecule has 2 rings (SSSR count). The van der Waals surface area contributed by atoms with Crippen LogP contribution in [0.3, 0.4) is 0 Å². The number of halogens is 1. The van der Waals surface area contributed by atoms with Crippen LogP contribution in [0.15, 0.2) is 4.79 Å². The third kappa shape index (κ3) is 1.36. The molecule has 0 spiro atoms. The number of H-pyrrole nitrogens is 1. The molecule has 2 aromatic heterocycles. The molecule has 0 aromatic carbocycles. The van der Waals surface area contributed by atoms with Crippen LogP contribution in [0.4, 0.5) is 0 Å². The first kappa shape index (κ1) is 8.39. The van der Waals surface area contributed by atoms with E-state index in [1.54, 1.807) is 6.92 Å². The van der Waals surface area contributed by atoms with Gasteiger partial charge in [0.1, 0.15) is 5.00 Å². The van der Waals surface area contributed by atoms with Crippen LogP contribution in [0.1, 0.15) is 5.69 Å². The molecule has 0 atom stereocenters. The summed E-state index contributed by atoms with van der Waals surface area (Å²) in [5, 5.41) is 9.70. The van der Waals surface area contributed by atoms with Gasteiger partial charge in [-0.05, 0) is 17.4 Å². The molecular formula is C5H4ClN5OS. The monoisotopic (exact) mass is 217 g/mol. The number of hydrogen-bond acceptors (Lipinski definition) is 5. The van der Waals surface area contributed by atoms with Crippen LogP contribution in [0.2, 0.25) is 4.47 Å². The average molecular weight is 218 g/mol. The van der Waals surface area contributed by atoms with E-state index in [9.17, 15) is 4.79 Å². The smallest absolute Gasteiger partial charge is 0.244 e. The van der Waals surface area contributed by atoms with Gasteiger partial charge in [0.2, 0.25) is 0 Å². The minimum atomic E-state index is -0.400. The Morgan fingerprint density at radius 2 is 2.38 bits per heavy atom. The maximum atomic E-state index is 11.1. The molecule has 0 unspecified atom stereocenters. The number of nitrogens with one attached hydrogen (secondary N) is 1. The zero-order valence-electron chi connectivity index (χ0n) is 6.48. The summed E-state index contributed by atoms with van der Waals surface area (Å²) in [6.07, 6.45) is 0. The van der Waals surface area contributed by atoms with Gasteiger partial charge in [-0.1, -0.05) is 22.9 Å². The maximum Gasteiger partial charge on any atom is 0.366 e. The molecule has 0 fully saturated rings. The Hall–Kier alpha value is -1.21. The molecule has 0 saturated carbocycles. The number of tetrazole rings is 1. The van der Waals surface area contributed by atoms with Crippen molar-refractivity contribution < 1.29 is 0 Å². The van der Waals surface area contributed by atoms with E-state index in [0.29, 0.717) is 15.2 Å². The fourth-order valence-electron chi connectivity index (χ4n) is 0.883. The van der Waals surface area contributed by atoms with E-state index >= 15 is 0 Å². The van der Waals surface area contributed by atoms with E-state index < -0.39 is 5.69 Å². The van der Waals surface area contributed by atoms with Crippen LogP contribution in [0.25, 0.3) is 5.00 Å². The van der Waals surface area contributed by atoms with Crippen LogP contribution in [0, 0.1) is 6.92 Å². The second-order valence-corrected chi connectivity index (χ2v) is 3.84. The highest BCUT2D eigenvalue weighted by atomic mass is 35.5. The van der Waals surface area contributed by atoms with Gasteiger partial charge >= 0.3 is 5.69 Å². The highest BCUT2D eigenvalue weighted by molar-refractivity contribution is 7.18. The summed E-state index contributed by atoms with van der Waals surface area (Å²) in [5.74, 6) is 0. The quantitative estimate of drug-likeness (QED) is 0.749. The number of aryl methyl sites for hydroxylation is 1. The van der Waals surface area contributed by atoms with E-state index in [4.69, 9.17) is 11.6 Å². The molecule has 0 aliphatic carbocycles. The predicted molar refractivity (Wildman–Crippen MR) is 47.4 cm³/mol. The maximum absolute atomic E-state index is 11.1. The average Bonchev–Trinajstić information content (AvgIpc) is 2.58. The molecule has 2 aromatic rings. The molecule has 0 aliphatic rings. The minimum absolute atomic E-state index is 0.377. The Kier molecular flexibility index (Phi) is 1.89. The molecule has 6 nitrogen and oxygen atoms in total. The number of rotatable bonds is 1. The molecule has 1 N–H and O–H groups in total. The third-order valence-corrected chi connectivity index (χ3v) is 2.65. The molecule has 68 valence electrons. The number of nitrogens with zero attached hydrogens (tertiary/aromatic N) is 4. The topological polar surface area (TPSA) is 76.5 Å². The van der Waals surface area contributed by atoms with E-state index in [0.717, 1.165) is 4.68 Å². The minimum Gasteiger partial charge on any atom is -0.244 e. The summed E-state index contributed by atoms with van der Waals surface area (Å²) < 4.78 is 1.50. The molecule has 0 amide bonds. The van der Waals surface area contributed by atoms with E-state index in [2.05, 4.69) is 20.5 Å². The Balaban J connectivity index is 2.65. The van der Waals surface area contributed by atoms with Crippen LogP contribution in [-0.2, 0) is 0 Å². The van der Waals surface area contributed by atoms with Gasteiger partial charge in [-0.2, -0.15) is 0 Å². The lowest BCUT2D eigenvalue weighted by Gasteiger charge is -1.90. The van der Waals surface area contributed by atoms with Crippen molar-refractivity contribution in [2.45, 2.75) is 6.92 Å². The molecule has 13 heavy (non-hydrogen) atoms. The Morgan fingerprint density at radius 3 is 2.85 bits per heavy atom. The summed E-state index contributed by atoms with van der Waals surface area (Å²) in [6.45, 7) is 1.75. The Bertz CT molecular complexity index is 485. The standard InChI is InChI=1S/C5H4ClN5OS/c1-2-3(13-4(6)7-2)11-5(12)8-9-10-11/h1H3,(H,8,10,12). The molecule has 8 heteroatoms. The van der Waals surface area contributed by atoms with E-state index in [-0.39, 0.29) is 0 Å². The molecular weight excluding hydrogens is 214 g/mol. The van der Waals surface area contributed by atoms with Gasteiger partial charge in [-0.25, -0.2) is 14.9 Å². The van der Waals surface area contributed by atoms with Crippen LogP contribution in [-0.4, -0.2) is 25.2 Å². The van der Waals surface area contributed by atoms with Crippen LogP contribution in [0.5, 0.6) is 0 Å². The van der Waals surface area contributed by atoms with Crippen molar-refractivity contribution in [2.75, 3.05) is 0 Å². The van der Waals surface area contributed by atoms with Gasteiger partial charge in [0, 0.05) is 0 Å². The second-order valence-electron chi connectivity index (χ2n) is 2.28. The normalized spacial score (nSPS) is 10.6. The summed E-state index contributed by atoms with van der Waals surface area (Å²) >= 11 is 6.85. The highest BCUT2D eigenvalue weighted by Gasteiger charge is 2.11. The summed E-state index contributed by atoms with van der Waals surface area (Å²) in [7, 11) is 0. The number of hydrogen-bond donors (Lipinski definition) is 1. The second kappa shape index (κ2) is 2.93. The van der Waals surface area contributed by atoms with Crippen molar-refractivity contribution in [1.82, 2.24) is 25.2 Å². The fourth-order valence-corrected chi connectivity index (χ4v) is 1.97. The van der Waals surface area contributed by atoms with Gasteiger partial charge in [0.05, 0.1) is 5.69 Å². The molecule has 0 radical (unpaired) electrons. The zero-order chi connectivity index (χ0) is 9.42. The van der Waals surface area contributed by atoms with Crippen molar-refractivity contribution in [3.05, 3.63) is 20.6 Å². The lowest BCUT2D eigenvalue weighted by Crippen LogP contribution is -2.15. The summed E-state index contributed by atoms with van der Waals surface area (Å²) in [5.41, 5.74) is 0.259. The predicted octanol–water partition coefficient (Wildman–Crippen LogP) is 0.374. The van der Waals surface area contributed by atoms with Crippen molar-refractivity contribution in [3.8, 4) is 5.00 Å². The first-order valence-electron chi connectivity index (χ1n) is 3.32. The first-order valence-corrected chi connectivity index (χ1v) is 4.51.